The molecule has 0 saturated heterocycles. The van der Waals surface area contributed by atoms with Gasteiger partial charge in [-0.2, -0.15) is 0 Å². The second kappa shape index (κ2) is 48.1. The number of likely N-dealkylation sites (N-methyl/N-ethyl adjacent to an activating group) is 1. The van der Waals surface area contributed by atoms with Crippen LogP contribution in [0.15, 0.2) is 24.3 Å². The molecule has 3 atom stereocenters. The molecule has 0 aromatic carbocycles. The van der Waals surface area contributed by atoms with Gasteiger partial charge in [-0.3, -0.25) is 18.6 Å². The number of phosphoric ester groups is 1. The van der Waals surface area contributed by atoms with Crippen LogP contribution in [-0.4, -0.2) is 74.3 Å². The van der Waals surface area contributed by atoms with Crippen LogP contribution in [0, 0.1) is 0 Å². The molecule has 0 saturated carbocycles. The summed E-state index contributed by atoms with van der Waals surface area (Å²) in [4.78, 5) is 37.5. The van der Waals surface area contributed by atoms with Gasteiger partial charge in [-0.25, -0.2) is 4.57 Å². The molecule has 67 heavy (non-hydrogen) atoms. The van der Waals surface area contributed by atoms with E-state index in [4.69, 9.17) is 13.8 Å². The standard InChI is InChI=1S/C57H111N2O7P/c1-7-10-13-16-19-22-25-27-28-29-30-32-35-38-41-44-47-50-57(61)66-55(48-45-42-39-36-33-24-21-18-15-12-9-3)54(53-65-67(62,63)64-52-51-59(4,5)6)58-56(60)49-46-43-40-37-34-31-26-23-20-17-14-11-8-2/h27-28,45,48,54-55H,7-26,29-44,46-47,49-53H2,1-6H3,(H-,58,60,62,63)/p+1/b28-27+,48-45+. The summed E-state index contributed by atoms with van der Waals surface area (Å²) < 4.78 is 30.6. The summed E-state index contributed by atoms with van der Waals surface area (Å²) >= 11 is 0. The first kappa shape index (κ1) is 65.5. The van der Waals surface area contributed by atoms with E-state index < -0.39 is 20.0 Å². The quantitative estimate of drug-likeness (QED) is 0.0205. The van der Waals surface area contributed by atoms with Crippen molar-refractivity contribution in [3.05, 3.63) is 24.3 Å². The highest BCUT2D eigenvalue weighted by atomic mass is 31.2. The number of allylic oxidation sites excluding steroid dienone is 3. The van der Waals surface area contributed by atoms with Crippen LogP contribution in [0.3, 0.4) is 0 Å². The highest BCUT2D eigenvalue weighted by molar-refractivity contribution is 7.47. The minimum absolute atomic E-state index is 0.0428. The third-order valence-electron chi connectivity index (χ3n) is 12.9. The predicted molar refractivity (Wildman–Crippen MR) is 286 cm³/mol. The van der Waals surface area contributed by atoms with Crippen molar-refractivity contribution < 1.29 is 37.3 Å². The van der Waals surface area contributed by atoms with Crippen LogP contribution in [0.4, 0.5) is 0 Å². The molecular formula is C57H112N2O7P+. The number of amides is 1. The molecule has 0 aliphatic carbocycles. The summed E-state index contributed by atoms with van der Waals surface area (Å²) in [5.74, 6) is -0.499. The number of phosphoric acid groups is 1. The molecule has 9 nitrogen and oxygen atoms in total. The Morgan fingerprint density at radius 1 is 0.507 bits per heavy atom. The fourth-order valence-electron chi connectivity index (χ4n) is 8.41. The van der Waals surface area contributed by atoms with Crippen molar-refractivity contribution in [3.8, 4) is 0 Å². The molecule has 3 unspecified atom stereocenters. The lowest BCUT2D eigenvalue weighted by atomic mass is 10.0. The van der Waals surface area contributed by atoms with Crippen LogP contribution in [0.25, 0.3) is 0 Å². The highest BCUT2D eigenvalue weighted by Gasteiger charge is 2.30. The van der Waals surface area contributed by atoms with E-state index >= 15 is 0 Å². The molecule has 10 heteroatoms. The number of esters is 1. The highest BCUT2D eigenvalue weighted by Crippen LogP contribution is 2.43. The lowest BCUT2D eigenvalue weighted by molar-refractivity contribution is -0.870. The van der Waals surface area contributed by atoms with Crippen LogP contribution in [0.5, 0.6) is 0 Å². The van der Waals surface area contributed by atoms with E-state index in [1.54, 1.807) is 0 Å². The third kappa shape index (κ3) is 49.3. The Balaban J connectivity index is 5.29. The molecule has 2 N–H and O–H groups in total. The van der Waals surface area contributed by atoms with Crippen molar-refractivity contribution in [2.75, 3.05) is 40.9 Å². The average Bonchev–Trinajstić information content (AvgIpc) is 3.28. The molecule has 0 aromatic rings. The van der Waals surface area contributed by atoms with E-state index in [0.717, 1.165) is 57.8 Å². The molecule has 0 radical (unpaired) electrons. The Morgan fingerprint density at radius 2 is 0.866 bits per heavy atom. The van der Waals surface area contributed by atoms with Crippen LogP contribution >= 0.6 is 7.82 Å². The number of hydrogen-bond donors (Lipinski definition) is 2. The van der Waals surface area contributed by atoms with Gasteiger partial charge < -0.3 is 19.4 Å². The Morgan fingerprint density at radius 3 is 1.27 bits per heavy atom. The maximum absolute atomic E-state index is 13.5. The maximum atomic E-state index is 13.5. The Hall–Kier alpha value is -1.51. The number of carbonyl (C=O) groups excluding carboxylic acids is 2. The lowest BCUT2D eigenvalue weighted by Crippen LogP contribution is -2.47. The SMILES string of the molecule is CCCCCCCC/C=C/CCCCCCCCCC(=O)OC(/C=C/CCCCCCCCCCC)C(COP(=O)(O)OCC[N+](C)(C)C)NC(=O)CCCCCCCCCCCCCCC. The van der Waals surface area contributed by atoms with Gasteiger partial charge in [-0.05, 0) is 57.4 Å². The minimum atomic E-state index is -4.44. The van der Waals surface area contributed by atoms with Crippen molar-refractivity contribution in [2.24, 2.45) is 0 Å². The largest absolute Gasteiger partial charge is 0.472 e. The molecule has 1 amide bonds. The zero-order valence-electron chi connectivity index (χ0n) is 45.2. The summed E-state index contributed by atoms with van der Waals surface area (Å²) in [5.41, 5.74) is 0. The summed E-state index contributed by atoms with van der Waals surface area (Å²) in [7, 11) is 1.50. The number of hydrogen-bond acceptors (Lipinski definition) is 6. The molecule has 0 aromatic heterocycles. The van der Waals surface area contributed by atoms with Gasteiger partial charge in [0, 0.05) is 12.8 Å². The Labute approximate surface area is 415 Å². The van der Waals surface area contributed by atoms with E-state index in [1.165, 1.54) is 186 Å². The molecule has 0 rings (SSSR count). The van der Waals surface area contributed by atoms with Crippen LogP contribution in [0.2, 0.25) is 0 Å². The molecule has 0 aliphatic heterocycles. The van der Waals surface area contributed by atoms with Crippen molar-refractivity contribution in [2.45, 2.75) is 290 Å². The zero-order valence-corrected chi connectivity index (χ0v) is 46.1. The fourth-order valence-corrected chi connectivity index (χ4v) is 9.14. The smallest absolute Gasteiger partial charge is 0.456 e. The van der Waals surface area contributed by atoms with Crippen LogP contribution in [0.1, 0.15) is 278 Å². The summed E-state index contributed by atoms with van der Waals surface area (Å²) in [5, 5.41) is 3.05. The van der Waals surface area contributed by atoms with Crippen molar-refractivity contribution >= 4 is 19.7 Å². The predicted octanol–water partition coefficient (Wildman–Crippen LogP) is 17.0. The van der Waals surface area contributed by atoms with E-state index in [9.17, 15) is 19.0 Å². The maximum Gasteiger partial charge on any atom is 0.472 e. The van der Waals surface area contributed by atoms with Gasteiger partial charge in [0.05, 0.1) is 33.8 Å². The van der Waals surface area contributed by atoms with Gasteiger partial charge in [0.2, 0.25) is 5.91 Å². The first-order chi connectivity index (χ1) is 32.4. The molecule has 0 fully saturated rings. The fraction of sp³-hybridized carbons (Fsp3) is 0.895. The number of quaternary nitrogens is 1. The minimum Gasteiger partial charge on any atom is -0.456 e. The Kier molecular flexibility index (Phi) is 47.0. The second-order valence-electron chi connectivity index (χ2n) is 20.8. The Bertz CT molecular complexity index is 1210. The van der Waals surface area contributed by atoms with Gasteiger partial charge in [0.25, 0.3) is 0 Å². The summed E-state index contributed by atoms with van der Waals surface area (Å²) in [6.07, 6.45) is 54.5. The molecule has 0 heterocycles. The first-order valence-electron chi connectivity index (χ1n) is 28.7. The summed E-state index contributed by atoms with van der Waals surface area (Å²) in [6, 6.07) is -0.842. The van der Waals surface area contributed by atoms with E-state index in [2.05, 4.69) is 38.2 Å². The summed E-state index contributed by atoms with van der Waals surface area (Å²) in [6.45, 7) is 7.02. The second-order valence-corrected chi connectivity index (χ2v) is 22.3. The number of nitrogens with one attached hydrogen (secondary N) is 1. The molecule has 0 bridgehead atoms. The van der Waals surface area contributed by atoms with E-state index in [-0.39, 0.29) is 25.1 Å². The van der Waals surface area contributed by atoms with Gasteiger partial charge in [-0.15, -0.1) is 0 Å². The van der Waals surface area contributed by atoms with Gasteiger partial charge in [-0.1, -0.05) is 232 Å². The number of ether oxygens (including phenoxy) is 1. The number of carbonyl (C=O) groups is 2. The normalized spacial score (nSPS) is 14.0. The topological polar surface area (TPSA) is 111 Å². The molecule has 0 aliphatic rings. The molecular weight excluding hydrogens is 856 g/mol. The zero-order chi connectivity index (χ0) is 49.4. The monoisotopic (exact) mass is 968 g/mol. The van der Waals surface area contributed by atoms with E-state index in [1.807, 2.05) is 33.3 Å². The van der Waals surface area contributed by atoms with Gasteiger partial charge >= 0.3 is 13.8 Å². The molecule has 0 spiro atoms. The molecule has 396 valence electrons. The van der Waals surface area contributed by atoms with Gasteiger partial charge in [0.1, 0.15) is 19.3 Å². The van der Waals surface area contributed by atoms with Crippen LogP contribution in [-0.2, 0) is 27.9 Å². The van der Waals surface area contributed by atoms with Gasteiger partial charge in [0.15, 0.2) is 0 Å². The van der Waals surface area contributed by atoms with Crippen LogP contribution < -0.4 is 5.32 Å². The number of rotatable bonds is 52. The first-order valence-corrected chi connectivity index (χ1v) is 30.2. The number of nitrogens with zero attached hydrogens (tertiary/aromatic N) is 1. The van der Waals surface area contributed by atoms with Crippen molar-refractivity contribution in [1.29, 1.82) is 0 Å². The van der Waals surface area contributed by atoms with Crippen molar-refractivity contribution in [3.63, 3.8) is 0 Å². The lowest BCUT2D eigenvalue weighted by Gasteiger charge is -2.27. The third-order valence-corrected chi connectivity index (χ3v) is 13.9. The average molecular weight is 969 g/mol. The number of unbranched alkanes of at least 4 members (excludes halogenated alkanes) is 34. The van der Waals surface area contributed by atoms with Crippen molar-refractivity contribution in [1.82, 2.24) is 5.32 Å². The van der Waals surface area contributed by atoms with E-state index in [0.29, 0.717) is 23.9 Å².